The van der Waals surface area contributed by atoms with Gasteiger partial charge in [-0.3, -0.25) is 4.99 Å². The summed E-state index contributed by atoms with van der Waals surface area (Å²) in [7, 11) is 1.69. The SMILES string of the molecule is C=C(/C=C\C=NC)CSc1nc(N)c(C#N)c(-c2ccc(OC3COC3)cc2)c1C#N. The van der Waals surface area contributed by atoms with Crippen molar-refractivity contribution in [1.29, 1.82) is 10.5 Å². The average molecular weight is 432 g/mol. The van der Waals surface area contributed by atoms with Gasteiger partial charge in [0.1, 0.15) is 40.4 Å². The van der Waals surface area contributed by atoms with E-state index >= 15 is 0 Å². The molecule has 1 aromatic heterocycles. The quantitative estimate of drug-likeness (QED) is 0.384. The van der Waals surface area contributed by atoms with E-state index in [9.17, 15) is 10.5 Å². The molecule has 0 amide bonds. The molecule has 31 heavy (non-hydrogen) atoms. The third kappa shape index (κ3) is 5.32. The maximum absolute atomic E-state index is 9.88. The zero-order valence-electron chi connectivity index (χ0n) is 17.0. The van der Waals surface area contributed by atoms with Gasteiger partial charge in [0.15, 0.2) is 0 Å². The van der Waals surface area contributed by atoms with Gasteiger partial charge in [0.25, 0.3) is 0 Å². The molecule has 2 N–H and O–H groups in total. The summed E-state index contributed by atoms with van der Waals surface area (Å²) in [6.07, 6.45) is 5.35. The van der Waals surface area contributed by atoms with Crippen LogP contribution in [0.3, 0.4) is 0 Å². The summed E-state index contributed by atoms with van der Waals surface area (Å²) in [6, 6.07) is 11.5. The maximum Gasteiger partial charge on any atom is 0.145 e. The van der Waals surface area contributed by atoms with Crippen LogP contribution in [-0.4, -0.2) is 43.3 Å². The lowest BCUT2D eigenvalue weighted by molar-refractivity contribution is -0.0796. The molecule has 0 spiro atoms. The fourth-order valence-corrected chi connectivity index (χ4v) is 3.71. The molecule has 0 bridgehead atoms. The standard InChI is InChI=1S/C23H21N5O2S/c1-15(4-3-9-27-2)14-31-23-20(11-25)21(19(10-24)22(26)28-23)16-5-7-17(8-6-16)30-18-12-29-13-18/h3-9,18H,1,12-14H2,2H3,(H2,26,28)/b4-3-,27-9?. The first-order chi connectivity index (χ1) is 15.1. The molecule has 0 aliphatic carbocycles. The minimum Gasteiger partial charge on any atom is -0.486 e. The second kappa shape index (κ2) is 10.4. The molecular formula is C23H21N5O2S. The second-order valence-corrected chi connectivity index (χ2v) is 7.63. The van der Waals surface area contributed by atoms with Gasteiger partial charge in [-0.05, 0) is 29.3 Å². The zero-order chi connectivity index (χ0) is 22.2. The Balaban J connectivity index is 1.92. The normalized spacial score (nSPS) is 13.6. The lowest BCUT2D eigenvalue weighted by Gasteiger charge is -2.26. The van der Waals surface area contributed by atoms with E-state index in [1.807, 2.05) is 18.2 Å². The van der Waals surface area contributed by atoms with Gasteiger partial charge in [0.05, 0.1) is 18.8 Å². The molecule has 0 radical (unpaired) electrons. The van der Waals surface area contributed by atoms with Crippen molar-refractivity contribution in [2.24, 2.45) is 4.99 Å². The van der Waals surface area contributed by atoms with E-state index in [4.69, 9.17) is 15.2 Å². The van der Waals surface area contributed by atoms with Crippen LogP contribution in [-0.2, 0) is 4.74 Å². The Morgan fingerprint density at radius 1 is 1.32 bits per heavy atom. The highest BCUT2D eigenvalue weighted by molar-refractivity contribution is 7.99. The molecule has 8 heteroatoms. The summed E-state index contributed by atoms with van der Waals surface area (Å²) >= 11 is 1.35. The van der Waals surface area contributed by atoms with Crippen LogP contribution in [0.2, 0.25) is 0 Å². The van der Waals surface area contributed by atoms with Gasteiger partial charge in [0, 0.05) is 24.6 Å². The minimum absolute atomic E-state index is 0.0560. The van der Waals surface area contributed by atoms with E-state index < -0.39 is 0 Å². The first-order valence-corrected chi connectivity index (χ1v) is 10.4. The highest BCUT2D eigenvalue weighted by Crippen LogP contribution is 2.36. The van der Waals surface area contributed by atoms with Gasteiger partial charge in [-0.1, -0.05) is 24.8 Å². The molecule has 1 aliphatic rings. The number of ether oxygens (including phenoxy) is 2. The first kappa shape index (κ1) is 22.1. The predicted octanol–water partition coefficient (Wildman–Crippen LogP) is 3.76. The van der Waals surface area contributed by atoms with Crippen molar-refractivity contribution in [2.75, 3.05) is 31.7 Å². The summed E-state index contributed by atoms with van der Waals surface area (Å²) in [5, 5.41) is 20.0. The summed E-state index contributed by atoms with van der Waals surface area (Å²) in [5.41, 5.74) is 8.56. The number of hydrogen-bond donors (Lipinski definition) is 1. The largest absolute Gasteiger partial charge is 0.486 e. The lowest BCUT2D eigenvalue weighted by atomic mass is 9.97. The van der Waals surface area contributed by atoms with E-state index in [0.717, 1.165) is 5.57 Å². The van der Waals surface area contributed by atoms with E-state index in [2.05, 4.69) is 28.7 Å². The number of hydrogen-bond acceptors (Lipinski definition) is 8. The second-order valence-electron chi connectivity index (χ2n) is 6.67. The number of benzene rings is 1. The Kier molecular flexibility index (Phi) is 7.45. The Labute approximate surface area is 185 Å². The van der Waals surface area contributed by atoms with Crippen LogP contribution >= 0.6 is 11.8 Å². The fraction of sp³-hybridized carbons (Fsp3) is 0.217. The molecular weight excluding hydrogens is 410 g/mol. The third-order valence-corrected chi connectivity index (χ3v) is 5.51. The van der Waals surface area contributed by atoms with Crippen LogP contribution in [0.4, 0.5) is 5.82 Å². The van der Waals surface area contributed by atoms with Crippen LogP contribution in [0.1, 0.15) is 11.1 Å². The topological polar surface area (TPSA) is 117 Å². The number of aromatic nitrogens is 1. The Morgan fingerprint density at radius 3 is 2.61 bits per heavy atom. The molecule has 1 saturated heterocycles. The first-order valence-electron chi connectivity index (χ1n) is 9.45. The number of nitrogen functional groups attached to an aromatic ring is 1. The van der Waals surface area contributed by atoms with Crippen molar-refractivity contribution in [1.82, 2.24) is 4.98 Å². The highest BCUT2D eigenvalue weighted by atomic mass is 32.2. The van der Waals surface area contributed by atoms with Crippen LogP contribution in [0.5, 0.6) is 5.75 Å². The average Bonchev–Trinajstić information content (AvgIpc) is 2.75. The van der Waals surface area contributed by atoms with E-state index in [0.29, 0.717) is 46.4 Å². The van der Waals surface area contributed by atoms with Gasteiger partial charge in [-0.2, -0.15) is 10.5 Å². The molecule has 1 fully saturated rings. The number of aliphatic imine (C=N–C) groups is 1. The van der Waals surface area contributed by atoms with Gasteiger partial charge in [-0.15, -0.1) is 11.8 Å². The van der Waals surface area contributed by atoms with Gasteiger partial charge < -0.3 is 15.2 Å². The molecule has 2 aromatic rings. The third-order valence-electron chi connectivity index (χ3n) is 4.43. The van der Waals surface area contributed by atoms with Crippen molar-refractivity contribution < 1.29 is 9.47 Å². The van der Waals surface area contributed by atoms with Gasteiger partial charge in [0.2, 0.25) is 0 Å². The van der Waals surface area contributed by atoms with Crippen molar-refractivity contribution in [3.8, 4) is 29.0 Å². The molecule has 1 aromatic carbocycles. The van der Waals surface area contributed by atoms with Crippen LogP contribution in [0.15, 0.2) is 58.6 Å². The minimum atomic E-state index is 0.0560. The molecule has 156 valence electrons. The number of nitrogens with two attached hydrogens (primary N) is 1. The molecule has 1 aliphatic heterocycles. The maximum atomic E-state index is 9.88. The van der Waals surface area contributed by atoms with Gasteiger partial charge in [-0.25, -0.2) is 4.98 Å². The molecule has 0 saturated carbocycles. The summed E-state index contributed by atoms with van der Waals surface area (Å²) in [5.74, 6) is 1.30. The molecule has 0 atom stereocenters. The number of nitrogens with zero attached hydrogens (tertiary/aromatic N) is 4. The predicted molar refractivity (Wildman–Crippen MR) is 122 cm³/mol. The van der Waals surface area contributed by atoms with Crippen molar-refractivity contribution in [3.63, 3.8) is 0 Å². The van der Waals surface area contributed by atoms with E-state index in [1.165, 1.54) is 11.8 Å². The monoisotopic (exact) mass is 431 g/mol. The summed E-state index contributed by atoms with van der Waals surface area (Å²) < 4.78 is 10.9. The Morgan fingerprint density at radius 2 is 2.03 bits per heavy atom. The van der Waals surface area contributed by atoms with Crippen molar-refractivity contribution >= 4 is 23.8 Å². The van der Waals surface area contributed by atoms with E-state index in [-0.39, 0.29) is 17.5 Å². The zero-order valence-corrected chi connectivity index (χ0v) is 17.9. The smallest absolute Gasteiger partial charge is 0.145 e. The van der Waals surface area contributed by atoms with Crippen molar-refractivity contribution in [2.45, 2.75) is 11.1 Å². The number of rotatable bonds is 8. The van der Waals surface area contributed by atoms with Crippen LogP contribution < -0.4 is 10.5 Å². The fourth-order valence-electron chi connectivity index (χ4n) is 2.84. The number of thioether (sulfide) groups is 1. The Hall–Kier alpha value is -3.59. The lowest BCUT2D eigenvalue weighted by Crippen LogP contribution is -2.38. The van der Waals surface area contributed by atoms with Gasteiger partial charge >= 0.3 is 0 Å². The number of anilines is 1. The molecule has 7 nitrogen and oxygen atoms in total. The number of pyridine rings is 1. The number of allylic oxidation sites excluding steroid dienone is 2. The van der Waals surface area contributed by atoms with E-state index in [1.54, 1.807) is 31.5 Å². The number of nitriles is 2. The van der Waals surface area contributed by atoms with Crippen LogP contribution in [0, 0.1) is 22.7 Å². The summed E-state index contributed by atoms with van der Waals surface area (Å²) in [6.45, 7) is 5.14. The Bertz CT molecular complexity index is 1110. The van der Waals surface area contributed by atoms with Crippen LogP contribution in [0.25, 0.3) is 11.1 Å². The molecule has 3 rings (SSSR count). The molecule has 0 unspecified atom stereocenters. The van der Waals surface area contributed by atoms with Crippen molar-refractivity contribution in [3.05, 3.63) is 59.7 Å². The molecule has 2 heterocycles. The summed E-state index contributed by atoms with van der Waals surface area (Å²) in [4.78, 5) is 8.19. The highest BCUT2D eigenvalue weighted by Gasteiger charge is 2.22.